The van der Waals surface area contributed by atoms with Gasteiger partial charge < -0.3 is 14.5 Å². The Balaban J connectivity index is 1.39. The lowest BCUT2D eigenvalue weighted by Gasteiger charge is -2.35. The third kappa shape index (κ3) is 5.47. The molecule has 2 fully saturated rings. The van der Waals surface area contributed by atoms with Gasteiger partial charge in [0.15, 0.2) is 0 Å². The van der Waals surface area contributed by atoms with Crippen molar-refractivity contribution in [1.29, 1.82) is 0 Å². The minimum absolute atomic E-state index is 0.0297. The van der Waals surface area contributed by atoms with Gasteiger partial charge in [-0.05, 0) is 43.0 Å². The van der Waals surface area contributed by atoms with E-state index < -0.39 is 0 Å². The number of benzene rings is 1. The van der Waals surface area contributed by atoms with Gasteiger partial charge in [0.25, 0.3) is 5.91 Å². The van der Waals surface area contributed by atoms with Gasteiger partial charge in [0, 0.05) is 38.2 Å². The molecule has 2 amide bonds. The van der Waals surface area contributed by atoms with Crippen molar-refractivity contribution in [2.45, 2.75) is 51.4 Å². The topological polar surface area (TPSA) is 49.9 Å². The fourth-order valence-corrected chi connectivity index (χ4v) is 4.25. The molecule has 0 N–H and O–H groups in total. The number of carbonyl (C=O) groups is 2. The van der Waals surface area contributed by atoms with E-state index in [0.717, 1.165) is 18.1 Å². The first kappa shape index (κ1) is 19.7. The molecular weight excluding hydrogens is 340 g/mol. The number of carbonyl (C=O) groups excluding carboxylic acids is 2. The van der Waals surface area contributed by atoms with Crippen LogP contribution in [0.4, 0.5) is 0 Å². The molecule has 1 saturated heterocycles. The van der Waals surface area contributed by atoms with E-state index in [-0.39, 0.29) is 11.8 Å². The Morgan fingerprint density at radius 2 is 1.59 bits per heavy atom. The molecule has 3 rings (SSSR count). The maximum Gasteiger partial charge on any atom is 0.253 e. The van der Waals surface area contributed by atoms with Gasteiger partial charge in [-0.1, -0.05) is 32.1 Å². The molecule has 5 heteroatoms. The van der Waals surface area contributed by atoms with Crippen molar-refractivity contribution in [3.05, 3.63) is 29.8 Å². The second-order valence-corrected chi connectivity index (χ2v) is 7.80. The molecule has 2 aliphatic rings. The maximum atomic E-state index is 12.6. The molecule has 0 atom stereocenters. The Kier molecular flexibility index (Phi) is 7.13. The highest BCUT2D eigenvalue weighted by molar-refractivity contribution is 5.94. The Labute approximate surface area is 162 Å². The van der Waals surface area contributed by atoms with Crippen molar-refractivity contribution in [1.82, 2.24) is 9.80 Å². The van der Waals surface area contributed by atoms with E-state index >= 15 is 0 Å². The first-order valence-electron chi connectivity index (χ1n) is 10.4. The normalized spacial score (nSPS) is 18.4. The van der Waals surface area contributed by atoms with Crippen molar-refractivity contribution in [2.75, 3.05) is 33.3 Å². The average molecular weight is 373 g/mol. The van der Waals surface area contributed by atoms with Gasteiger partial charge in [0.05, 0.1) is 7.11 Å². The average Bonchev–Trinajstić information content (AvgIpc) is 2.74. The second-order valence-electron chi connectivity index (χ2n) is 7.80. The van der Waals surface area contributed by atoms with E-state index in [1.165, 1.54) is 38.5 Å². The summed E-state index contributed by atoms with van der Waals surface area (Å²) in [6, 6.07) is 7.20. The SMILES string of the molecule is COc1ccc(C(=O)N2CCN(C(=O)CCCC3CCCCC3)CC2)cc1. The number of amides is 2. The second kappa shape index (κ2) is 9.77. The lowest BCUT2D eigenvalue weighted by molar-refractivity contribution is -0.132. The molecule has 0 unspecified atom stereocenters. The number of piperazine rings is 1. The van der Waals surface area contributed by atoms with Crippen molar-refractivity contribution >= 4 is 11.8 Å². The molecule has 0 radical (unpaired) electrons. The molecule has 148 valence electrons. The van der Waals surface area contributed by atoms with Crippen LogP contribution in [0.25, 0.3) is 0 Å². The van der Waals surface area contributed by atoms with Crippen LogP contribution in [0.2, 0.25) is 0 Å². The summed E-state index contributed by atoms with van der Waals surface area (Å²) >= 11 is 0. The summed E-state index contributed by atoms with van der Waals surface area (Å²) in [6.45, 7) is 2.51. The molecule has 27 heavy (non-hydrogen) atoms. The number of rotatable bonds is 6. The zero-order valence-electron chi connectivity index (χ0n) is 16.5. The third-order valence-electron chi connectivity index (χ3n) is 5.98. The number of ether oxygens (including phenoxy) is 1. The number of nitrogens with zero attached hydrogens (tertiary/aromatic N) is 2. The molecule has 1 aliphatic heterocycles. The first-order chi connectivity index (χ1) is 13.2. The van der Waals surface area contributed by atoms with Gasteiger partial charge in [0.1, 0.15) is 5.75 Å². The Hall–Kier alpha value is -2.04. The first-order valence-corrected chi connectivity index (χ1v) is 10.4. The van der Waals surface area contributed by atoms with Gasteiger partial charge in [-0.25, -0.2) is 0 Å². The smallest absolute Gasteiger partial charge is 0.253 e. The van der Waals surface area contributed by atoms with Crippen molar-refractivity contribution in [2.24, 2.45) is 5.92 Å². The van der Waals surface area contributed by atoms with E-state index in [9.17, 15) is 9.59 Å². The van der Waals surface area contributed by atoms with Crippen LogP contribution >= 0.6 is 0 Å². The highest BCUT2D eigenvalue weighted by Crippen LogP contribution is 2.27. The molecule has 1 saturated carbocycles. The van der Waals surface area contributed by atoms with E-state index in [1.807, 2.05) is 9.80 Å². The predicted molar refractivity (Wildman–Crippen MR) is 106 cm³/mol. The van der Waals surface area contributed by atoms with Crippen LogP contribution in [-0.2, 0) is 4.79 Å². The molecule has 0 bridgehead atoms. The summed E-state index contributed by atoms with van der Waals surface area (Å²) in [6.07, 6.45) is 9.67. The quantitative estimate of drug-likeness (QED) is 0.764. The van der Waals surface area contributed by atoms with Gasteiger partial charge in [-0.2, -0.15) is 0 Å². The molecular formula is C22H32N2O3. The fraction of sp³-hybridized carbons (Fsp3) is 0.636. The highest BCUT2D eigenvalue weighted by Gasteiger charge is 2.25. The van der Waals surface area contributed by atoms with E-state index in [1.54, 1.807) is 31.4 Å². The molecule has 1 aromatic carbocycles. The largest absolute Gasteiger partial charge is 0.497 e. The van der Waals surface area contributed by atoms with E-state index in [4.69, 9.17) is 4.74 Å². The number of hydrogen-bond donors (Lipinski definition) is 0. The van der Waals surface area contributed by atoms with Crippen molar-refractivity contribution < 1.29 is 14.3 Å². The summed E-state index contributed by atoms with van der Waals surface area (Å²) in [4.78, 5) is 28.8. The third-order valence-corrected chi connectivity index (χ3v) is 5.98. The van der Waals surface area contributed by atoms with Crippen LogP contribution in [0.1, 0.15) is 61.7 Å². The van der Waals surface area contributed by atoms with Gasteiger partial charge in [-0.15, -0.1) is 0 Å². The lowest BCUT2D eigenvalue weighted by Crippen LogP contribution is -2.50. The van der Waals surface area contributed by atoms with Crippen molar-refractivity contribution in [3.63, 3.8) is 0 Å². The summed E-state index contributed by atoms with van der Waals surface area (Å²) in [5, 5.41) is 0. The minimum atomic E-state index is 0.0297. The van der Waals surface area contributed by atoms with Crippen LogP contribution < -0.4 is 4.74 Å². The van der Waals surface area contributed by atoms with Gasteiger partial charge in [0.2, 0.25) is 5.91 Å². The van der Waals surface area contributed by atoms with Crippen LogP contribution in [-0.4, -0.2) is 54.9 Å². The van der Waals surface area contributed by atoms with Crippen LogP contribution in [0, 0.1) is 5.92 Å². The van der Waals surface area contributed by atoms with Crippen LogP contribution in [0.15, 0.2) is 24.3 Å². The summed E-state index contributed by atoms with van der Waals surface area (Å²) in [5.74, 6) is 1.87. The molecule has 0 aromatic heterocycles. The number of hydrogen-bond acceptors (Lipinski definition) is 3. The van der Waals surface area contributed by atoms with E-state index in [2.05, 4.69) is 0 Å². The molecule has 5 nitrogen and oxygen atoms in total. The summed E-state index contributed by atoms with van der Waals surface area (Å²) in [5.41, 5.74) is 0.669. The fourth-order valence-electron chi connectivity index (χ4n) is 4.25. The summed E-state index contributed by atoms with van der Waals surface area (Å²) in [7, 11) is 1.61. The Morgan fingerprint density at radius 1 is 0.963 bits per heavy atom. The molecule has 1 aromatic rings. The zero-order chi connectivity index (χ0) is 19.1. The lowest BCUT2D eigenvalue weighted by atomic mass is 9.86. The zero-order valence-corrected chi connectivity index (χ0v) is 16.5. The highest BCUT2D eigenvalue weighted by atomic mass is 16.5. The summed E-state index contributed by atoms with van der Waals surface area (Å²) < 4.78 is 5.14. The molecule has 0 spiro atoms. The van der Waals surface area contributed by atoms with Crippen molar-refractivity contribution in [3.8, 4) is 5.75 Å². The maximum absolute atomic E-state index is 12.6. The monoisotopic (exact) mass is 372 g/mol. The van der Waals surface area contributed by atoms with Gasteiger partial charge in [-0.3, -0.25) is 9.59 Å². The molecule has 1 heterocycles. The Bertz CT molecular complexity index is 615. The predicted octanol–water partition coefficient (Wildman–Crippen LogP) is 3.73. The molecule has 1 aliphatic carbocycles. The Morgan fingerprint density at radius 3 is 2.22 bits per heavy atom. The number of methoxy groups -OCH3 is 1. The minimum Gasteiger partial charge on any atom is -0.497 e. The van der Waals surface area contributed by atoms with E-state index in [0.29, 0.717) is 38.2 Å². The van der Waals surface area contributed by atoms with Gasteiger partial charge >= 0.3 is 0 Å². The van der Waals surface area contributed by atoms with Crippen LogP contribution in [0.3, 0.4) is 0 Å². The van der Waals surface area contributed by atoms with Crippen LogP contribution in [0.5, 0.6) is 5.75 Å². The standard InChI is InChI=1S/C22H32N2O3/c1-27-20-12-10-19(11-13-20)22(26)24-16-14-23(15-17-24)21(25)9-5-8-18-6-3-2-4-7-18/h10-13,18H,2-9,14-17H2,1H3.